The van der Waals surface area contributed by atoms with Gasteiger partial charge in [0.2, 0.25) is 0 Å². The van der Waals surface area contributed by atoms with Crippen LogP contribution in [0, 0.1) is 0 Å². The predicted molar refractivity (Wildman–Crippen MR) is 98.8 cm³/mol. The topological polar surface area (TPSA) is 66.6 Å². The van der Waals surface area contributed by atoms with Crippen LogP contribution in [0.1, 0.15) is 24.6 Å². The van der Waals surface area contributed by atoms with Gasteiger partial charge in [0.25, 0.3) is 0 Å². The van der Waals surface area contributed by atoms with E-state index < -0.39 is 0 Å². The summed E-state index contributed by atoms with van der Waals surface area (Å²) in [6, 6.07) is 8.01. The van der Waals surface area contributed by atoms with Gasteiger partial charge in [-0.05, 0) is 31.0 Å². The zero-order chi connectivity index (χ0) is 18.1. The highest BCUT2D eigenvalue weighted by molar-refractivity contribution is 5.74. The van der Waals surface area contributed by atoms with E-state index in [1.165, 1.54) is 0 Å². The van der Waals surface area contributed by atoms with E-state index in [0.29, 0.717) is 6.54 Å². The second-order valence-electron chi connectivity index (χ2n) is 6.89. The highest BCUT2D eigenvalue weighted by Crippen LogP contribution is 2.26. The number of carbonyl (C=O) groups is 1. The van der Waals surface area contributed by atoms with Gasteiger partial charge in [-0.25, -0.2) is 14.3 Å². The van der Waals surface area contributed by atoms with Crippen molar-refractivity contribution in [3.8, 4) is 11.1 Å². The van der Waals surface area contributed by atoms with Crippen molar-refractivity contribution < 1.29 is 4.79 Å². The molecule has 0 N–H and O–H groups in total. The second kappa shape index (κ2) is 6.74. The Hall–Kier alpha value is -2.96. The second-order valence-corrected chi connectivity index (χ2v) is 6.89. The fourth-order valence-electron chi connectivity index (χ4n) is 3.42. The van der Waals surface area contributed by atoms with E-state index in [1.807, 2.05) is 46.1 Å². The van der Waals surface area contributed by atoms with Gasteiger partial charge in [0.1, 0.15) is 0 Å². The van der Waals surface area contributed by atoms with Crippen molar-refractivity contribution in [1.82, 2.24) is 29.4 Å². The van der Waals surface area contributed by atoms with E-state index in [0.717, 1.165) is 42.0 Å². The van der Waals surface area contributed by atoms with Crippen LogP contribution in [0.25, 0.3) is 16.8 Å². The lowest BCUT2D eigenvalue weighted by atomic mass is 9.98. The Kier molecular flexibility index (Phi) is 4.28. The Morgan fingerprint density at radius 1 is 1.23 bits per heavy atom. The van der Waals surface area contributed by atoms with E-state index in [-0.39, 0.29) is 11.9 Å². The summed E-state index contributed by atoms with van der Waals surface area (Å²) in [4.78, 5) is 24.6. The predicted octanol–water partition coefficient (Wildman–Crippen LogP) is 2.65. The molecule has 26 heavy (non-hydrogen) atoms. The maximum absolute atomic E-state index is 12.2. The highest BCUT2D eigenvalue weighted by atomic mass is 16.2. The molecule has 0 bridgehead atoms. The Morgan fingerprint density at radius 2 is 2.12 bits per heavy atom. The van der Waals surface area contributed by atoms with Crippen molar-refractivity contribution in [3.63, 3.8) is 0 Å². The molecule has 3 aromatic rings. The summed E-state index contributed by atoms with van der Waals surface area (Å²) < 4.78 is 1.82. The van der Waals surface area contributed by atoms with Crippen LogP contribution in [-0.4, -0.2) is 62.6 Å². The number of hydrogen-bond donors (Lipinski definition) is 0. The minimum atomic E-state index is 0.0531. The van der Waals surface area contributed by atoms with Crippen molar-refractivity contribution in [3.05, 3.63) is 48.7 Å². The Balaban J connectivity index is 1.60. The van der Waals surface area contributed by atoms with Gasteiger partial charge >= 0.3 is 6.03 Å². The first-order valence-electron chi connectivity index (χ1n) is 8.85. The molecule has 0 spiro atoms. The first kappa shape index (κ1) is 16.5. The average Bonchev–Trinajstić information content (AvgIpc) is 3.11. The van der Waals surface area contributed by atoms with Crippen molar-refractivity contribution in [2.75, 3.05) is 27.2 Å². The average molecular weight is 350 g/mol. The molecule has 1 aliphatic heterocycles. The molecule has 4 rings (SSSR count). The largest absolute Gasteiger partial charge is 0.331 e. The number of amides is 2. The lowest BCUT2D eigenvalue weighted by Crippen LogP contribution is -2.44. The van der Waals surface area contributed by atoms with E-state index in [1.54, 1.807) is 25.2 Å². The fraction of sp³-hybridized carbons (Fsp3) is 0.368. The van der Waals surface area contributed by atoms with Gasteiger partial charge in [-0.15, -0.1) is 0 Å². The number of carbonyl (C=O) groups excluding carboxylic acids is 1. The third-order valence-corrected chi connectivity index (χ3v) is 4.78. The van der Waals surface area contributed by atoms with E-state index in [9.17, 15) is 4.79 Å². The first-order chi connectivity index (χ1) is 12.6. The molecule has 2 amide bonds. The summed E-state index contributed by atoms with van der Waals surface area (Å²) >= 11 is 0. The molecule has 0 aromatic carbocycles. The molecule has 1 saturated heterocycles. The summed E-state index contributed by atoms with van der Waals surface area (Å²) in [6.45, 7) is 1.47. The van der Waals surface area contributed by atoms with Crippen molar-refractivity contribution in [2.24, 2.45) is 0 Å². The van der Waals surface area contributed by atoms with Gasteiger partial charge < -0.3 is 9.80 Å². The summed E-state index contributed by atoms with van der Waals surface area (Å²) in [7, 11) is 3.57. The number of fused-ring (bicyclic) bond motifs is 1. The Bertz CT molecular complexity index is 920. The minimum absolute atomic E-state index is 0.0531. The molecular formula is C19H22N6O. The van der Waals surface area contributed by atoms with Crippen LogP contribution in [0.15, 0.2) is 42.9 Å². The molecule has 7 heteroatoms. The van der Waals surface area contributed by atoms with Gasteiger partial charge in [-0.3, -0.25) is 4.98 Å². The molecule has 0 radical (unpaired) electrons. The monoisotopic (exact) mass is 350 g/mol. The van der Waals surface area contributed by atoms with Crippen LogP contribution >= 0.6 is 0 Å². The molecule has 7 nitrogen and oxygen atoms in total. The van der Waals surface area contributed by atoms with E-state index in [4.69, 9.17) is 10.1 Å². The van der Waals surface area contributed by atoms with E-state index >= 15 is 0 Å². The number of nitrogens with zero attached hydrogens (tertiary/aromatic N) is 6. The Labute approximate surface area is 152 Å². The fourth-order valence-corrected chi connectivity index (χ4v) is 3.42. The maximum Gasteiger partial charge on any atom is 0.319 e. The lowest BCUT2D eigenvalue weighted by molar-refractivity contribution is 0.153. The van der Waals surface area contributed by atoms with Crippen LogP contribution < -0.4 is 0 Å². The third kappa shape index (κ3) is 3.12. The summed E-state index contributed by atoms with van der Waals surface area (Å²) in [5.74, 6) is 0.985. The zero-order valence-corrected chi connectivity index (χ0v) is 15.0. The smallest absolute Gasteiger partial charge is 0.319 e. The van der Waals surface area contributed by atoms with Crippen LogP contribution in [-0.2, 0) is 0 Å². The molecule has 1 atom stereocenters. The first-order valence-corrected chi connectivity index (χ1v) is 8.85. The SMILES string of the molecule is CN(C)C(=O)N1CCCC(c2nc3ccc(-c4cccnc4)cn3n2)C1. The number of likely N-dealkylation sites (tertiary alicyclic amines) is 1. The Morgan fingerprint density at radius 3 is 2.88 bits per heavy atom. The standard InChI is InChI=1S/C19H22N6O/c1-23(2)19(26)24-10-4-6-16(12-24)18-21-17-8-7-15(13-25(17)22-18)14-5-3-9-20-11-14/h3,5,7-9,11,13,16H,4,6,10,12H2,1-2H3. The van der Waals surface area contributed by atoms with E-state index in [2.05, 4.69) is 4.98 Å². The van der Waals surface area contributed by atoms with Crippen LogP contribution in [0.2, 0.25) is 0 Å². The molecule has 0 aliphatic carbocycles. The summed E-state index contributed by atoms with van der Waals surface area (Å²) in [5.41, 5.74) is 2.92. The van der Waals surface area contributed by atoms with Gasteiger partial charge in [-0.2, -0.15) is 5.10 Å². The molecular weight excluding hydrogens is 328 g/mol. The minimum Gasteiger partial charge on any atom is -0.331 e. The number of urea groups is 1. The van der Waals surface area contributed by atoms with Crippen LogP contribution in [0.5, 0.6) is 0 Å². The van der Waals surface area contributed by atoms with Gasteiger partial charge in [0.15, 0.2) is 11.5 Å². The van der Waals surface area contributed by atoms with Gasteiger partial charge in [-0.1, -0.05) is 6.07 Å². The summed E-state index contributed by atoms with van der Waals surface area (Å²) in [5, 5.41) is 4.69. The molecule has 4 heterocycles. The molecule has 0 saturated carbocycles. The third-order valence-electron chi connectivity index (χ3n) is 4.78. The lowest BCUT2D eigenvalue weighted by Gasteiger charge is -2.33. The molecule has 3 aromatic heterocycles. The highest BCUT2D eigenvalue weighted by Gasteiger charge is 2.28. The normalized spacial score (nSPS) is 17.5. The van der Waals surface area contributed by atoms with Crippen LogP contribution in [0.3, 0.4) is 0 Å². The molecule has 1 fully saturated rings. The number of pyridine rings is 2. The summed E-state index contributed by atoms with van der Waals surface area (Å²) in [6.07, 6.45) is 7.56. The molecule has 134 valence electrons. The zero-order valence-electron chi connectivity index (χ0n) is 15.0. The van der Waals surface area contributed by atoms with Crippen molar-refractivity contribution >= 4 is 11.7 Å². The number of aromatic nitrogens is 4. The van der Waals surface area contributed by atoms with Gasteiger partial charge in [0, 0.05) is 62.8 Å². The number of piperidine rings is 1. The quantitative estimate of drug-likeness (QED) is 0.713. The number of rotatable bonds is 2. The van der Waals surface area contributed by atoms with Crippen molar-refractivity contribution in [2.45, 2.75) is 18.8 Å². The molecule has 1 aliphatic rings. The van der Waals surface area contributed by atoms with Crippen LogP contribution in [0.4, 0.5) is 4.79 Å². The molecule has 1 unspecified atom stereocenters. The van der Waals surface area contributed by atoms with Gasteiger partial charge in [0.05, 0.1) is 0 Å². The maximum atomic E-state index is 12.2. The van der Waals surface area contributed by atoms with Crippen molar-refractivity contribution in [1.29, 1.82) is 0 Å². The number of hydrogen-bond acceptors (Lipinski definition) is 4.